The summed E-state index contributed by atoms with van der Waals surface area (Å²) >= 11 is 0. The predicted octanol–water partition coefficient (Wildman–Crippen LogP) is 2.71. The molecule has 9 heteroatoms. The van der Waals surface area contributed by atoms with Crippen LogP contribution in [0.15, 0.2) is 54.5 Å². The lowest BCUT2D eigenvalue weighted by Gasteiger charge is -2.10. The molecule has 0 spiro atoms. The minimum atomic E-state index is -0.677. The van der Waals surface area contributed by atoms with Crippen molar-refractivity contribution in [3.8, 4) is 16.9 Å². The summed E-state index contributed by atoms with van der Waals surface area (Å²) in [6.07, 6.45) is 4.90. The SMILES string of the molecule is CCn1cc(-c2ccn(-c3ccc(N/C(=C/C(=O)OC)C(=O)OC)cc3)n2)c(C)n1. The van der Waals surface area contributed by atoms with Gasteiger partial charge in [-0.05, 0) is 44.2 Å². The van der Waals surface area contributed by atoms with E-state index in [1.165, 1.54) is 14.2 Å². The van der Waals surface area contributed by atoms with Crippen molar-refractivity contribution >= 4 is 17.6 Å². The maximum Gasteiger partial charge on any atom is 0.354 e. The van der Waals surface area contributed by atoms with E-state index in [-0.39, 0.29) is 5.70 Å². The summed E-state index contributed by atoms with van der Waals surface area (Å²) in [6.45, 7) is 4.80. The van der Waals surface area contributed by atoms with Gasteiger partial charge in [0.2, 0.25) is 0 Å². The van der Waals surface area contributed by atoms with Gasteiger partial charge in [0.15, 0.2) is 0 Å². The van der Waals surface area contributed by atoms with E-state index in [1.54, 1.807) is 16.8 Å². The van der Waals surface area contributed by atoms with Gasteiger partial charge < -0.3 is 14.8 Å². The maximum atomic E-state index is 11.9. The number of aryl methyl sites for hydroxylation is 2. The first kappa shape index (κ1) is 20.8. The highest BCUT2D eigenvalue weighted by Gasteiger charge is 2.13. The summed E-state index contributed by atoms with van der Waals surface area (Å²) in [5, 5.41) is 12.0. The molecular weight excluding hydrogens is 386 g/mol. The summed E-state index contributed by atoms with van der Waals surface area (Å²) in [7, 11) is 2.47. The van der Waals surface area contributed by atoms with Gasteiger partial charge in [-0.2, -0.15) is 10.2 Å². The van der Waals surface area contributed by atoms with Crippen LogP contribution >= 0.6 is 0 Å². The molecule has 156 valence electrons. The Hall–Kier alpha value is -3.88. The van der Waals surface area contributed by atoms with E-state index < -0.39 is 11.9 Å². The Morgan fingerprint density at radius 3 is 2.43 bits per heavy atom. The number of aromatic nitrogens is 4. The number of carbonyl (C=O) groups is 2. The van der Waals surface area contributed by atoms with Crippen molar-refractivity contribution in [2.75, 3.05) is 19.5 Å². The smallest absolute Gasteiger partial charge is 0.354 e. The fourth-order valence-electron chi connectivity index (χ4n) is 2.83. The minimum absolute atomic E-state index is 0.0260. The fraction of sp³-hybridized carbons (Fsp3) is 0.238. The molecule has 3 rings (SSSR count). The van der Waals surface area contributed by atoms with Gasteiger partial charge in [-0.15, -0.1) is 0 Å². The maximum absolute atomic E-state index is 11.9. The molecule has 0 fully saturated rings. The number of esters is 2. The Morgan fingerprint density at radius 2 is 1.83 bits per heavy atom. The number of methoxy groups -OCH3 is 2. The molecular formula is C21H23N5O4. The lowest BCUT2D eigenvalue weighted by Crippen LogP contribution is -2.15. The zero-order valence-electron chi connectivity index (χ0n) is 17.2. The van der Waals surface area contributed by atoms with Crippen molar-refractivity contribution in [2.45, 2.75) is 20.4 Å². The van der Waals surface area contributed by atoms with Gasteiger partial charge in [0.05, 0.1) is 37.4 Å². The molecule has 0 aliphatic heterocycles. The molecule has 0 unspecified atom stereocenters. The van der Waals surface area contributed by atoms with Crippen molar-refractivity contribution < 1.29 is 19.1 Å². The highest BCUT2D eigenvalue weighted by atomic mass is 16.5. The summed E-state index contributed by atoms with van der Waals surface area (Å²) in [4.78, 5) is 23.3. The number of anilines is 1. The molecule has 2 heterocycles. The van der Waals surface area contributed by atoms with E-state index >= 15 is 0 Å². The van der Waals surface area contributed by atoms with E-state index in [9.17, 15) is 9.59 Å². The van der Waals surface area contributed by atoms with Gasteiger partial charge in [0, 0.05) is 30.2 Å². The summed E-state index contributed by atoms with van der Waals surface area (Å²) in [5.74, 6) is -1.34. The molecule has 2 aromatic heterocycles. The molecule has 0 amide bonds. The highest BCUT2D eigenvalue weighted by Crippen LogP contribution is 2.22. The third-order valence-electron chi connectivity index (χ3n) is 4.41. The molecule has 0 saturated carbocycles. The van der Waals surface area contributed by atoms with Crippen LogP contribution in [0, 0.1) is 6.92 Å². The third kappa shape index (κ3) is 4.57. The number of hydrogen-bond acceptors (Lipinski definition) is 7. The average molecular weight is 409 g/mol. The van der Waals surface area contributed by atoms with Crippen LogP contribution < -0.4 is 5.32 Å². The second-order valence-electron chi connectivity index (χ2n) is 6.37. The summed E-state index contributed by atoms with van der Waals surface area (Å²) < 4.78 is 12.9. The molecule has 0 saturated heterocycles. The number of nitrogens with zero attached hydrogens (tertiary/aromatic N) is 4. The van der Waals surface area contributed by atoms with Crippen molar-refractivity contribution in [2.24, 2.45) is 0 Å². The van der Waals surface area contributed by atoms with Gasteiger partial charge >= 0.3 is 11.9 Å². The Labute approximate surface area is 173 Å². The van der Waals surface area contributed by atoms with Crippen LogP contribution in [-0.4, -0.2) is 45.7 Å². The number of rotatable bonds is 7. The zero-order valence-corrected chi connectivity index (χ0v) is 17.2. The quantitative estimate of drug-likeness (QED) is 0.473. The molecule has 0 aliphatic carbocycles. The molecule has 1 N–H and O–H groups in total. The molecule has 0 aliphatic rings. The van der Waals surface area contributed by atoms with Gasteiger partial charge in [-0.3, -0.25) is 4.68 Å². The van der Waals surface area contributed by atoms with Crippen LogP contribution in [-0.2, 0) is 25.6 Å². The monoisotopic (exact) mass is 409 g/mol. The first-order valence-corrected chi connectivity index (χ1v) is 9.30. The van der Waals surface area contributed by atoms with E-state index in [1.807, 2.05) is 49.1 Å². The molecule has 0 atom stereocenters. The number of carbonyl (C=O) groups excluding carboxylic acids is 2. The first-order chi connectivity index (χ1) is 14.4. The number of ether oxygens (including phenoxy) is 2. The Morgan fingerprint density at radius 1 is 1.10 bits per heavy atom. The normalized spacial score (nSPS) is 11.3. The van der Waals surface area contributed by atoms with Gasteiger partial charge in [-0.25, -0.2) is 14.3 Å². The largest absolute Gasteiger partial charge is 0.466 e. The van der Waals surface area contributed by atoms with Gasteiger partial charge in [0.1, 0.15) is 5.70 Å². The van der Waals surface area contributed by atoms with E-state index in [0.717, 1.165) is 35.3 Å². The second kappa shape index (κ2) is 9.08. The topological polar surface area (TPSA) is 100 Å². The zero-order chi connectivity index (χ0) is 21.7. The molecule has 30 heavy (non-hydrogen) atoms. The second-order valence-corrected chi connectivity index (χ2v) is 6.37. The van der Waals surface area contributed by atoms with Crippen LogP contribution in [0.2, 0.25) is 0 Å². The standard InChI is InChI=1S/C21H23N5O4/c1-5-25-13-17(14(2)23-25)18-10-11-26(24-18)16-8-6-15(7-9-16)22-19(21(28)30-4)12-20(27)29-3/h6-13,22H,5H2,1-4H3/b19-12+. The van der Waals surface area contributed by atoms with Crippen LogP contribution in [0.1, 0.15) is 12.6 Å². The average Bonchev–Trinajstić information content (AvgIpc) is 3.39. The van der Waals surface area contributed by atoms with Crippen molar-refractivity contribution in [1.82, 2.24) is 19.6 Å². The number of benzene rings is 1. The summed E-state index contributed by atoms with van der Waals surface area (Å²) in [5.41, 5.74) is 4.17. The Kier molecular flexibility index (Phi) is 6.31. The van der Waals surface area contributed by atoms with Gasteiger partial charge in [-0.1, -0.05) is 0 Å². The first-order valence-electron chi connectivity index (χ1n) is 9.30. The minimum Gasteiger partial charge on any atom is -0.466 e. The molecule has 3 aromatic rings. The Bertz CT molecular complexity index is 1080. The predicted molar refractivity (Wildman–Crippen MR) is 111 cm³/mol. The van der Waals surface area contributed by atoms with Crippen molar-refractivity contribution in [3.05, 3.63) is 60.2 Å². The Balaban J connectivity index is 1.79. The van der Waals surface area contributed by atoms with Crippen molar-refractivity contribution in [3.63, 3.8) is 0 Å². The molecule has 0 bridgehead atoms. The number of nitrogens with one attached hydrogen (secondary N) is 1. The van der Waals surface area contributed by atoms with Crippen LogP contribution in [0.4, 0.5) is 5.69 Å². The summed E-state index contributed by atoms with van der Waals surface area (Å²) in [6, 6.07) is 9.16. The molecule has 1 aromatic carbocycles. The lowest BCUT2D eigenvalue weighted by molar-refractivity contribution is -0.138. The van der Waals surface area contributed by atoms with E-state index in [2.05, 4.69) is 25.0 Å². The van der Waals surface area contributed by atoms with Gasteiger partial charge in [0.25, 0.3) is 0 Å². The molecule has 0 radical (unpaired) electrons. The van der Waals surface area contributed by atoms with E-state index in [4.69, 9.17) is 0 Å². The highest BCUT2D eigenvalue weighted by molar-refractivity contribution is 5.98. The van der Waals surface area contributed by atoms with Crippen LogP contribution in [0.25, 0.3) is 16.9 Å². The van der Waals surface area contributed by atoms with E-state index in [0.29, 0.717) is 5.69 Å². The third-order valence-corrected chi connectivity index (χ3v) is 4.41. The van der Waals surface area contributed by atoms with Crippen molar-refractivity contribution in [1.29, 1.82) is 0 Å². The lowest BCUT2D eigenvalue weighted by atomic mass is 10.2. The number of hydrogen-bond donors (Lipinski definition) is 1. The molecule has 9 nitrogen and oxygen atoms in total. The van der Waals surface area contributed by atoms with Crippen LogP contribution in [0.5, 0.6) is 0 Å². The van der Waals surface area contributed by atoms with Crippen LogP contribution in [0.3, 0.4) is 0 Å². The fourth-order valence-corrected chi connectivity index (χ4v) is 2.83.